The zero-order valence-electron chi connectivity index (χ0n) is 19.5. The summed E-state index contributed by atoms with van der Waals surface area (Å²) in [6.45, 7) is 2.40. The third-order valence-corrected chi connectivity index (χ3v) is 5.51. The van der Waals surface area contributed by atoms with Crippen LogP contribution in [-0.2, 0) is 22.5 Å². The van der Waals surface area contributed by atoms with E-state index in [-0.39, 0.29) is 24.8 Å². The van der Waals surface area contributed by atoms with Crippen molar-refractivity contribution in [1.82, 2.24) is 25.5 Å². The number of benzene rings is 3. The van der Waals surface area contributed by atoms with E-state index in [4.69, 9.17) is 4.74 Å². The lowest BCUT2D eigenvalue weighted by Gasteiger charge is -2.18. The van der Waals surface area contributed by atoms with Gasteiger partial charge in [-0.1, -0.05) is 84.9 Å². The number of hydrogen-bond donors (Lipinski definition) is 1. The second-order valence-electron chi connectivity index (χ2n) is 8.09. The van der Waals surface area contributed by atoms with Crippen molar-refractivity contribution in [3.8, 4) is 11.1 Å². The molecule has 0 spiro atoms. The summed E-state index contributed by atoms with van der Waals surface area (Å²) >= 11 is 0. The zero-order valence-corrected chi connectivity index (χ0v) is 19.5. The van der Waals surface area contributed by atoms with E-state index in [1.807, 2.05) is 72.8 Å². The van der Waals surface area contributed by atoms with Gasteiger partial charge < -0.3 is 10.1 Å². The van der Waals surface area contributed by atoms with Gasteiger partial charge in [-0.2, -0.15) is 0 Å². The van der Waals surface area contributed by atoms with Crippen molar-refractivity contribution in [2.75, 3.05) is 6.61 Å². The Balaban J connectivity index is 1.48. The summed E-state index contributed by atoms with van der Waals surface area (Å²) in [6, 6.07) is 27.3. The average molecular weight is 470 g/mol. The Hall–Kier alpha value is -4.33. The van der Waals surface area contributed by atoms with Crippen LogP contribution < -0.4 is 5.32 Å². The van der Waals surface area contributed by atoms with E-state index in [2.05, 4.69) is 33.0 Å². The van der Waals surface area contributed by atoms with Gasteiger partial charge in [0.15, 0.2) is 0 Å². The summed E-state index contributed by atoms with van der Waals surface area (Å²) in [5, 5.41) is 14.5. The molecule has 8 heteroatoms. The largest absolute Gasteiger partial charge is 0.466 e. The summed E-state index contributed by atoms with van der Waals surface area (Å²) in [5.41, 5.74) is 4.18. The van der Waals surface area contributed by atoms with E-state index in [0.717, 1.165) is 22.3 Å². The number of esters is 1. The van der Waals surface area contributed by atoms with Crippen LogP contribution in [0.4, 0.5) is 0 Å². The predicted octanol–water partition coefficient (Wildman–Crippen LogP) is 3.68. The number of nitrogens with one attached hydrogen (secondary N) is 1. The van der Waals surface area contributed by atoms with Gasteiger partial charge in [0.2, 0.25) is 5.82 Å². The summed E-state index contributed by atoms with van der Waals surface area (Å²) < 4.78 is 6.57. The molecule has 178 valence electrons. The molecule has 0 aliphatic rings. The molecular formula is C27H27N5O3. The maximum Gasteiger partial charge on any atom is 0.307 e. The third-order valence-electron chi connectivity index (χ3n) is 5.51. The number of nitrogens with zero attached hydrogens (tertiary/aromatic N) is 4. The lowest BCUT2D eigenvalue weighted by molar-refractivity contribution is -0.143. The van der Waals surface area contributed by atoms with Gasteiger partial charge >= 0.3 is 5.97 Å². The fourth-order valence-electron chi connectivity index (χ4n) is 3.82. The van der Waals surface area contributed by atoms with E-state index in [0.29, 0.717) is 13.0 Å². The molecule has 3 aromatic carbocycles. The maximum absolute atomic E-state index is 13.1. The summed E-state index contributed by atoms with van der Waals surface area (Å²) in [4.78, 5) is 25.3. The second-order valence-corrected chi connectivity index (χ2v) is 8.09. The molecule has 1 atom stereocenters. The standard InChI is InChI=1S/C27H27N5O3/c1-2-35-25(33)18-24(17-20-13-15-23(16-14-20)22-11-7-4-8-12-22)28-27(34)26-29-30-31-32(26)19-21-9-5-3-6-10-21/h3-16,24H,2,17-19H2,1H3,(H,28,34)/t24-/m1/s1. The minimum atomic E-state index is -0.481. The Morgan fingerprint density at radius 3 is 2.23 bits per heavy atom. The van der Waals surface area contributed by atoms with E-state index in [1.165, 1.54) is 4.68 Å². The summed E-state index contributed by atoms with van der Waals surface area (Å²) in [6.07, 6.45) is 0.500. The Morgan fingerprint density at radius 1 is 0.886 bits per heavy atom. The van der Waals surface area contributed by atoms with Crippen molar-refractivity contribution in [3.05, 3.63) is 102 Å². The average Bonchev–Trinajstić information content (AvgIpc) is 3.34. The molecule has 1 heterocycles. The molecule has 0 aliphatic carbocycles. The number of amides is 1. The van der Waals surface area contributed by atoms with E-state index in [1.54, 1.807) is 6.92 Å². The highest BCUT2D eigenvalue weighted by Crippen LogP contribution is 2.20. The van der Waals surface area contributed by atoms with Crippen LogP contribution in [0.25, 0.3) is 11.1 Å². The smallest absolute Gasteiger partial charge is 0.307 e. The van der Waals surface area contributed by atoms with Gasteiger partial charge in [0.1, 0.15) is 0 Å². The first-order valence-electron chi connectivity index (χ1n) is 11.5. The zero-order chi connectivity index (χ0) is 24.5. The van der Waals surface area contributed by atoms with Crippen LogP contribution in [-0.4, -0.2) is 44.7 Å². The number of tetrazole rings is 1. The van der Waals surface area contributed by atoms with Crippen molar-refractivity contribution >= 4 is 11.9 Å². The van der Waals surface area contributed by atoms with Gasteiger partial charge in [0, 0.05) is 6.04 Å². The summed E-state index contributed by atoms with van der Waals surface area (Å²) in [7, 11) is 0. The highest BCUT2D eigenvalue weighted by Gasteiger charge is 2.22. The minimum Gasteiger partial charge on any atom is -0.466 e. The molecule has 0 fully saturated rings. The quantitative estimate of drug-likeness (QED) is 0.356. The van der Waals surface area contributed by atoms with Crippen molar-refractivity contribution in [2.24, 2.45) is 0 Å². The molecule has 35 heavy (non-hydrogen) atoms. The van der Waals surface area contributed by atoms with Crippen molar-refractivity contribution in [1.29, 1.82) is 0 Å². The third kappa shape index (κ3) is 6.60. The molecule has 0 saturated carbocycles. The Kier molecular flexibility index (Phi) is 7.96. The monoisotopic (exact) mass is 469 g/mol. The number of carbonyl (C=O) groups excluding carboxylic acids is 2. The second kappa shape index (κ2) is 11.7. The molecule has 0 bridgehead atoms. The van der Waals surface area contributed by atoms with Crippen molar-refractivity contribution in [3.63, 3.8) is 0 Å². The highest BCUT2D eigenvalue weighted by atomic mass is 16.5. The molecular weight excluding hydrogens is 442 g/mol. The topological polar surface area (TPSA) is 99.0 Å². The number of hydrogen-bond acceptors (Lipinski definition) is 6. The van der Waals surface area contributed by atoms with E-state index < -0.39 is 11.9 Å². The molecule has 0 unspecified atom stereocenters. The molecule has 8 nitrogen and oxygen atoms in total. The van der Waals surface area contributed by atoms with Gasteiger partial charge in [-0.15, -0.1) is 5.10 Å². The normalized spacial score (nSPS) is 11.6. The van der Waals surface area contributed by atoms with Gasteiger partial charge in [-0.3, -0.25) is 9.59 Å². The van der Waals surface area contributed by atoms with E-state index >= 15 is 0 Å². The minimum absolute atomic E-state index is 0.0419. The van der Waals surface area contributed by atoms with Crippen LogP contribution >= 0.6 is 0 Å². The van der Waals surface area contributed by atoms with Crippen LogP contribution in [0.5, 0.6) is 0 Å². The first-order valence-corrected chi connectivity index (χ1v) is 11.5. The van der Waals surface area contributed by atoms with Crippen LogP contribution in [0.2, 0.25) is 0 Å². The Labute approximate surface area is 203 Å². The first-order chi connectivity index (χ1) is 17.1. The number of aromatic nitrogens is 4. The lowest BCUT2D eigenvalue weighted by Crippen LogP contribution is -2.39. The summed E-state index contributed by atoms with van der Waals surface area (Å²) in [5.74, 6) is -0.731. The maximum atomic E-state index is 13.1. The van der Waals surface area contributed by atoms with Crippen LogP contribution in [0.15, 0.2) is 84.9 Å². The molecule has 0 aliphatic heterocycles. The predicted molar refractivity (Wildman–Crippen MR) is 131 cm³/mol. The van der Waals surface area contributed by atoms with Crippen LogP contribution in [0, 0.1) is 0 Å². The lowest BCUT2D eigenvalue weighted by atomic mass is 9.99. The SMILES string of the molecule is CCOC(=O)C[C@@H](Cc1ccc(-c2ccccc2)cc1)NC(=O)c1nnnn1Cc1ccccc1. The molecule has 0 radical (unpaired) electrons. The molecule has 1 amide bonds. The van der Waals surface area contributed by atoms with Gasteiger partial charge in [-0.25, -0.2) is 4.68 Å². The first kappa shape index (κ1) is 23.8. The van der Waals surface area contributed by atoms with Crippen molar-refractivity contribution < 1.29 is 14.3 Å². The van der Waals surface area contributed by atoms with Crippen LogP contribution in [0.1, 0.15) is 35.1 Å². The molecule has 1 N–H and O–H groups in total. The number of carbonyl (C=O) groups is 2. The number of ether oxygens (including phenoxy) is 1. The fraction of sp³-hybridized carbons (Fsp3) is 0.222. The van der Waals surface area contributed by atoms with Gasteiger partial charge in [0.25, 0.3) is 5.91 Å². The Bertz CT molecular complexity index is 1240. The molecule has 1 aromatic heterocycles. The van der Waals surface area contributed by atoms with Crippen molar-refractivity contribution in [2.45, 2.75) is 32.4 Å². The Morgan fingerprint density at radius 2 is 1.54 bits per heavy atom. The van der Waals surface area contributed by atoms with Crippen LogP contribution in [0.3, 0.4) is 0 Å². The van der Waals surface area contributed by atoms with Gasteiger partial charge in [-0.05, 0) is 46.0 Å². The molecule has 0 saturated heterocycles. The molecule has 4 aromatic rings. The van der Waals surface area contributed by atoms with E-state index in [9.17, 15) is 9.59 Å². The molecule has 4 rings (SSSR count). The van der Waals surface area contributed by atoms with Gasteiger partial charge in [0.05, 0.1) is 19.6 Å². The highest BCUT2D eigenvalue weighted by molar-refractivity contribution is 5.91. The fourth-order valence-corrected chi connectivity index (χ4v) is 3.82. The number of rotatable bonds is 10.